The Labute approximate surface area is 187 Å². The van der Waals surface area contributed by atoms with Crippen molar-refractivity contribution in [2.75, 3.05) is 18.5 Å². The molecule has 2 amide bonds. The van der Waals surface area contributed by atoms with Gasteiger partial charge < -0.3 is 4.90 Å². The zero-order valence-corrected chi connectivity index (χ0v) is 18.2. The number of nitrogens with zero attached hydrogens (tertiary/aromatic N) is 2. The molecular weight excluding hydrogens is 404 g/mol. The second-order valence-electron chi connectivity index (χ2n) is 7.99. The van der Waals surface area contributed by atoms with Gasteiger partial charge in [0.15, 0.2) is 11.9 Å². The van der Waals surface area contributed by atoms with E-state index in [1.54, 1.807) is 36.4 Å². The lowest BCUT2D eigenvalue weighted by molar-refractivity contribution is -0.114. The van der Waals surface area contributed by atoms with Crippen LogP contribution in [0.25, 0.3) is 0 Å². The Morgan fingerprint density at radius 2 is 1.50 bits per heavy atom. The number of benzene rings is 3. The first-order valence-electron chi connectivity index (χ1n) is 10.4. The number of fused-ring (bicyclic) bond motifs is 1. The number of amides is 2. The molecule has 6 heteroatoms. The first-order chi connectivity index (χ1) is 15.3. The zero-order chi connectivity index (χ0) is 22.8. The minimum atomic E-state index is -1.06. The van der Waals surface area contributed by atoms with Gasteiger partial charge >= 0.3 is 0 Å². The zero-order valence-electron chi connectivity index (χ0n) is 18.2. The van der Waals surface area contributed by atoms with Gasteiger partial charge in [-0.3, -0.25) is 14.4 Å². The van der Waals surface area contributed by atoms with E-state index in [0.717, 1.165) is 16.8 Å². The van der Waals surface area contributed by atoms with Crippen LogP contribution < -0.4 is 4.90 Å². The van der Waals surface area contributed by atoms with Crippen molar-refractivity contribution < 1.29 is 19.2 Å². The lowest BCUT2D eigenvalue weighted by atomic mass is 10.0. The Kier molecular flexibility index (Phi) is 5.88. The number of likely N-dealkylation sites (N-methyl/N-ethyl adjacent to an activating group) is 1. The van der Waals surface area contributed by atoms with Gasteiger partial charge in [-0.2, -0.15) is 0 Å². The summed E-state index contributed by atoms with van der Waals surface area (Å²) in [5.41, 5.74) is 4.00. The van der Waals surface area contributed by atoms with Gasteiger partial charge in [-0.1, -0.05) is 54.1 Å². The van der Waals surface area contributed by atoms with Gasteiger partial charge in [0.05, 0.1) is 17.7 Å². The third-order valence-electron chi connectivity index (χ3n) is 5.50. The molecule has 0 aromatic heterocycles. The minimum absolute atomic E-state index is 0.156. The van der Waals surface area contributed by atoms with Gasteiger partial charge in [0.2, 0.25) is 0 Å². The summed E-state index contributed by atoms with van der Waals surface area (Å²) in [6, 6.07) is 21.5. The predicted molar refractivity (Wildman–Crippen MR) is 122 cm³/mol. The molecule has 1 atom stereocenters. The second-order valence-corrected chi connectivity index (χ2v) is 7.99. The Hall–Kier alpha value is -3.77. The number of rotatable bonds is 7. The van der Waals surface area contributed by atoms with Gasteiger partial charge in [0.25, 0.3) is 11.8 Å². The van der Waals surface area contributed by atoms with E-state index < -0.39 is 17.9 Å². The van der Waals surface area contributed by atoms with Crippen molar-refractivity contribution in [2.45, 2.75) is 20.0 Å². The highest BCUT2D eigenvalue weighted by molar-refractivity contribution is 6.20. The molecule has 1 heterocycles. The summed E-state index contributed by atoms with van der Waals surface area (Å²) in [6.07, 6.45) is -1.06. The lowest BCUT2D eigenvalue weighted by Crippen LogP contribution is -2.44. The van der Waals surface area contributed by atoms with Crippen LogP contribution in [0, 0.1) is 13.8 Å². The van der Waals surface area contributed by atoms with Crippen LogP contribution in [-0.4, -0.2) is 42.4 Å². The van der Waals surface area contributed by atoms with Crippen LogP contribution in [0.1, 0.15) is 42.2 Å². The molecule has 0 saturated heterocycles. The quantitative estimate of drug-likeness (QED) is 0.416. The van der Waals surface area contributed by atoms with Crippen LogP contribution in [-0.2, 0) is 4.84 Å². The number of carbonyl (C=O) groups is 3. The van der Waals surface area contributed by atoms with Gasteiger partial charge in [-0.05, 0) is 43.7 Å². The van der Waals surface area contributed by atoms with Crippen molar-refractivity contribution in [2.24, 2.45) is 0 Å². The molecule has 0 bridgehead atoms. The van der Waals surface area contributed by atoms with Crippen LogP contribution >= 0.6 is 0 Å². The molecule has 0 saturated carbocycles. The van der Waals surface area contributed by atoms with Gasteiger partial charge in [0, 0.05) is 18.3 Å². The maximum absolute atomic E-state index is 13.4. The first-order valence-corrected chi connectivity index (χ1v) is 10.4. The molecule has 3 aromatic carbocycles. The SMILES string of the molecule is Cc1ccc(C(=O)C(CN(C)c2cccc(C)c2)ON2C(=O)c3ccccc3C2=O)cc1. The molecule has 32 heavy (non-hydrogen) atoms. The van der Waals surface area contributed by atoms with E-state index in [1.165, 1.54) is 0 Å². The van der Waals surface area contributed by atoms with E-state index in [0.29, 0.717) is 10.6 Å². The van der Waals surface area contributed by atoms with Crippen molar-refractivity contribution in [1.82, 2.24) is 5.06 Å². The van der Waals surface area contributed by atoms with Gasteiger partial charge in [0.1, 0.15) is 0 Å². The normalized spacial score (nSPS) is 13.8. The highest BCUT2D eigenvalue weighted by Gasteiger charge is 2.39. The van der Waals surface area contributed by atoms with Gasteiger partial charge in [-0.15, -0.1) is 5.06 Å². The monoisotopic (exact) mass is 428 g/mol. The van der Waals surface area contributed by atoms with Crippen molar-refractivity contribution in [3.63, 3.8) is 0 Å². The van der Waals surface area contributed by atoms with Crippen molar-refractivity contribution in [3.8, 4) is 0 Å². The summed E-state index contributed by atoms with van der Waals surface area (Å²) < 4.78 is 0. The number of anilines is 1. The molecule has 162 valence electrons. The number of ketones is 1. The summed E-state index contributed by atoms with van der Waals surface area (Å²) in [4.78, 5) is 46.7. The van der Waals surface area contributed by atoms with Crippen LogP contribution in [0.2, 0.25) is 0 Å². The fourth-order valence-corrected chi connectivity index (χ4v) is 3.68. The van der Waals surface area contributed by atoms with Crippen molar-refractivity contribution in [1.29, 1.82) is 0 Å². The fraction of sp³-hybridized carbons (Fsp3) is 0.192. The lowest BCUT2D eigenvalue weighted by Gasteiger charge is -2.27. The number of carbonyl (C=O) groups excluding carboxylic acids is 3. The minimum Gasteiger partial charge on any atom is -0.371 e. The van der Waals surface area contributed by atoms with Crippen LogP contribution in [0.5, 0.6) is 0 Å². The Morgan fingerprint density at radius 3 is 2.09 bits per heavy atom. The average Bonchev–Trinajstić information content (AvgIpc) is 3.03. The van der Waals surface area contributed by atoms with E-state index in [4.69, 9.17) is 4.84 Å². The maximum atomic E-state index is 13.4. The standard InChI is InChI=1S/C26H24N2O4/c1-17-11-13-19(14-12-17)24(29)23(16-27(3)20-8-6-7-18(2)15-20)32-28-25(30)21-9-4-5-10-22(21)26(28)31/h4-15,23H,16H2,1-3H3. The Bertz CT molecular complexity index is 1150. The molecule has 1 unspecified atom stereocenters. The molecular formula is C26H24N2O4. The van der Waals surface area contributed by atoms with E-state index in [9.17, 15) is 14.4 Å². The molecule has 0 spiro atoms. The first kappa shape index (κ1) is 21.5. The van der Waals surface area contributed by atoms with Crippen LogP contribution in [0.3, 0.4) is 0 Å². The topological polar surface area (TPSA) is 66.9 Å². The number of aryl methyl sites for hydroxylation is 2. The molecule has 0 fully saturated rings. The average molecular weight is 428 g/mol. The third kappa shape index (κ3) is 4.18. The number of imide groups is 1. The molecule has 3 aromatic rings. The second kappa shape index (κ2) is 8.77. The van der Waals surface area contributed by atoms with Crippen molar-refractivity contribution in [3.05, 3.63) is 101 Å². The third-order valence-corrected chi connectivity index (χ3v) is 5.50. The predicted octanol–water partition coefficient (Wildman–Crippen LogP) is 4.22. The Balaban J connectivity index is 1.63. The highest BCUT2D eigenvalue weighted by atomic mass is 16.7. The summed E-state index contributed by atoms with van der Waals surface area (Å²) in [5, 5.41) is 0.714. The van der Waals surface area contributed by atoms with E-state index in [-0.39, 0.29) is 23.5 Å². The molecule has 1 aliphatic rings. The summed E-state index contributed by atoms with van der Waals surface area (Å²) >= 11 is 0. The van der Waals surface area contributed by atoms with Crippen LogP contribution in [0.15, 0.2) is 72.8 Å². The highest BCUT2D eigenvalue weighted by Crippen LogP contribution is 2.25. The fourth-order valence-electron chi connectivity index (χ4n) is 3.68. The van der Waals surface area contributed by atoms with Crippen molar-refractivity contribution >= 4 is 23.3 Å². The van der Waals surface area contributed by atoms with Crippen LogP contribution in [0.4, 0.5) is 5.69 Å². The smallest absolute Gasteiger partial charge is 0.285 e. The number of Topliss-reactive ketones (excluding diaryl/α,β-unsaturated/α-hetero) is 1. The number of hydrogen-bond acceptors (Lipinski definition) is 5. The molecule has 4 rings (SSSR count). The molecule has 6 nitrogen and oxygen atoms in total. The largest absolute Gasteiger partial charge is 0.371 e. The molecule has 0 radical (unpaired) electrons. The summed E-state index contributed by atoms with van der Waals surface area (Å²) in [6.45, 7) is 4.08. The molecule has 1 aliphatic heterocycles. The number of hydrogen-bond donors (Lipinski definition) is 0. The summed E-state index contributed by atoms with van der Waals surface area (Å²) in [7, 11) is 1.84. The number of hydroxylamine groups is 2. The molecule has 0 aliphatic carbocycles. The van der Waals surface area contributed by atoms with Gasteiger partial charge in [-0.25, -0.2) is 4.84 Å². The van der Waals surface area contributed by atoms with E-state index >= 15 is 0 Å². The molecule has 0 N–H and O–H groups in total. The maximum Gasteiger partial charge on any atom is 0.285 e. The van der Waals surface area contributed by atoms with E-state index in [2.05, 4.69) is 0 Å². The van der Waals surface area contributed by atoms with E-state index in [1.807, 2.05) is 62.2 Å². The Morgan fingerprint density at radius 1 is 0.875 bits per heavy atom. The summed E-state index contributed by atoms with van der Waals surface area (Å²) in [5.74, 6) is -1.43.